The van der Waals surface area contributed by atoms with Gasteiger partial charge in [-0.1, -0.05) is 41.5 Å². The van der Waals surface area contributed by atoms with Gasteiger partial charge in [-0.3, -0.25) is 15.0 Å². The molecule has 1 heterocycles. The number of aliphatic hydroxyl groups is 1. The summed E-state index contributed by atoms with van der Waals surface area (Å²) in [5.41, 5.74) is 14.8. The number of amides is 1. The second kappa shape index (κ2) is 16.7. The molecule has 254 valence electrons. The number of carbonyl (C=O) groups excluding carboxylic acids is 2. The lowest BCUT2D eigenvalue weighted by molar-refractivity contribution is -0.155. The van der Waals surface area contributed by atoms with Crippen molar-refractivity contribution in [1.29, 1.82) is 0 Å². The van der Waals surface area contributed by atoms with Crippen LogP contribution in [-0.2, 0) is 32.0 Å². The lowest BCUT2D eigenvalue weighted by Crippen LogP contribution is -2.53. The van der Waals surface area contributed by atoms with Crippen LogP contribution in [0.5, 0.6) is 5.75 Å². The minimum atomic E-state index is -1.67. The number of ether oxygens (including phenoxy) is 3. The monoisotopic (exact) mass is 660 g/mol. The van der Waals surface area contributed by atoms with E-state index in [0.717, 1.165) is 5.56 Å². The van der Waals surface area contributed by atoms with Gasteiger partial charge in [0.05, 0.1) is 13.2 Å². The van der Waals surface area contributed by atoms with Crippen LogP contribution < -0.4 is 15.6 Å². The van der Waals surface area contributed by atoms with Gasteiger partial charge in [0, 0.05) is 36.5 Å². The molecule has 1 amide bonds. The van der Waals surface area contributed by atoms with E-state index < -0.39 is 29.1 Å². The van der Waals surface area contributed by atoms with E-state index in [0.29, 0.717) is 41.9 Å². The van der Waals surface area contributed by atoms with Crippen molar-refractivity contribution < 1.29 is 33.3 Å². The number of hydrogen-bond acceptors (Lipinski definition) is 9. The van der Waals surface area contributed by atoms with Crippen LogP contribution in [0.15, 0.2) is 82.9 Å². The maximum Gasteiger partial charge on any atom is 0.306 e. The fourth-order valence-electron chi connectivity index (χ4n) is 5.22. The van der Waals surface area contributed by atoms with Crippen molar-refractivity contribution in [3.05, 3.63) is 111 Å². The van der Waals surface area contributed by atoms with Gasteiger partial charge >= 0.3 is 5.97 Å². The molecule has 1 aliphatic heterocycles. The highest BCUT2D eigenvalue weighted by molar-refractivity contribution is 6.01. The van der Waals surface area contributed by atoms with Gasteiger partial charge < -0.3 is 19.3 Å². The molecule has 0 aromatic heterocycles. The Balaban J connectivity index is 1.71. The Morgan fingerprint density at radius 1 is 1.12 bits per heavy atom. The number of aliphatic imine (C=N–C) groups is 1. The molecule has 48 heavy (non-hydrogen) atoms. The van der Waals surface area contributed by atoms with E-state index >= 15 is 0 Å². The molecule has 4 rings (SSSR count). The topological polar surface area (TPSA) is 167 Å². The second-order valence-electron chi connectivity index (χ2n) is 12.2. The van der Waals surface area contributed by atoms with Crippen molar-refractivity contribution >= 4 is 17.8 Å². The van der Waals surface area contributed by atoms with E-state index in [1.54, 1.807) is 81.4 Å². The number of rotatable bonds is 16. The number of esters is 1. The molecule has 1 aliphatic rings. The highest BCUT2D eigenvalue weighted by atomic mass is 19.1. The van der Waals surface area contributed by atoms with Crippen LogP contribution in [0.1, 0.15) is 68.4 Å². The van der Waals surface area contributed by atoms with Crippen molar-refractivity contribution in [3.63, 3.8) is 0 Å². The van der Waals surface area contributed by atoms with Crippen LogP contribution in [0.3, 0.4) is 0 Å². The molecule has 13 heteroatoms. The van der Waals surface area contributed by atoms with Crippen LogP contribution in [-0.4, -0.2) is 53.8 Å². The summed E-state index contributed by atoms with van der Waals surface area (Å²) in [5, 5.41) is 12.8. The molecule has 0 fully saturated rings. The number of aliphatic hydroxyl groups excluding tert-OH is 1. The highest BCUT2D eigenvalue weighted by Gasteiger charge is 2.54. The zero-order valence-electron chi connectivity index (χ0n) is 27.3. The predicted molar refractivity (Wildman–Crippen MR) is 177 cm³/mol. The predicted octanol–water partition coefficient (Wildman–Crippen LogP) is 5.64. The van der Waals surface area contributed by atoms with E-state index in [1.165, 1.54) is 12.1 Å². The zero-order chi connectivity index (χ0) is 34.6. The Bertz CT molecular complexity index is 1640. The molecule has 3 N–H and O–H groups in total. The van der Waals surface area contributed by atoms with Crippen LogP contribution in [0.4, 0.5) is 4.39 Å². The minimum Gasteiger partial charge on any atom is -0.494 e. The molecule has 0 spiro atoms. The van der Waals surface area contributed by atoms with E-state index in [1.807, 2.05) is 0 Å². The molecular formula is C35H41FN6O6. The van der Waals surface area contributed by atoms with Crippen LogP contribution in [0.2, 0.25) is 0 Å². The Morgan fingerprint density at radius 2 is 1.90 bits per heavy atom. The second-order valence-corrected chi connectivity index (χ2v) is 12.2. The normalized spacial score (nSPS) is 17.1. The number of carbonyl (C=O) groups is 2. The van der Waals surface area contributed by atoms with Gasteiger partial charge in [-0.05, 0) is 92.2 Å². The van der Waals surface area contributed by atoms with E-state index in [4.69, 9.17) is 29.8 Å². The van der Waals surface area contributed by atoms with Crippen LogP contribution in [0, 0.1) is 5.82 Å². The number of nitrogens with one attached hydrogen (secondary N) is 2. The average molecular weight is 661 g/mol. The quantitative estimate of drug-likeness (QED) is 0.0446. The van der Waals surface area contributed by atoms with E-state index in [-0.39, 0.29) is 44.3 Å². The van der Waals surface area contributed by atoms with Crippen molar-refractivity contribution in [3.8, 4) is 5.75 Å². The molecule has 0 unspecified atom stereocenters. The van der Waals surface area contributed by atoms with Crippen LogP contribution in [0.25, 0.3) is 10.4 Å². The van der Waals surface area contributed by atoms with Crippen molar-refractivity contribution in [2.75, 3.05) is 19.8 Å². The minimum absolute atomic E-state index is 0.00259. The van der Waals surface area contributed by atoms with Gasteiger partial charge in [0.15, 0.2) is 11.6 Å². The summed E-state index contributed by atoms with van der Waals surface area (Å²) in [6, 6.07) is 20.3. The number of halogens is 1. The van der Waals surface area contributed by atoms with Gasteiger partial charge in [0.25, 0.3) is 5.91 Å². The molecular weight excluding hydrogens is 619 g/mol. The summed E-state index contributed by atoms with van der Waals surface area (Å²) in [7, 11) is 0. The van der Waals surface area contributed by atoms with E-state index in [9.17, 15) is 14.0 Å². The molecule has 12 nitrogen and oxygen atoms in total. The highest BCUT2D eigenvalue weighted by Crippen LogP contribution is 2.44. The van der Waals surface area contributed by atoms with Gasteiger partial charge in [-0.25, -0.2) is 14.8 Å². The summed E-state index contributed by atoms with van der Waals surface area (Å²) in [6.45, 7) is 5.92. The third kappa shape index (κ3) is 9.77. The standard InChI is InChI=1S/C35H41FN6O6/c1-34(2,3)48-30(44)16-18-35(33(45)41-38-19-17-24-8-6-10-27(36)22-24)31(29-11-5-4-9-26(29)23-39-42-37)47-32(40-35)25-12-14-28(15-13-25)46-21-7-20-43/h4-6,8-15,22,31,38,43H,7,16-21,23H2,1-3H3,(H,41,45)/t31-,35-/m0/s1. The molecule has 0 saturated carbocycles. The summed E-state index contributed by atoms with van der Waals surface area (Å²) in [4.78, 5) is 35.1. The van der Waals surface area contributed by atoms with E-state index in [2.05, 4.69) is 20.9 Å². The average Bonchev–Trinajstić information content (AvgIpc) is 3.45. The van der Waals surface area contributed by atoms with Gasteiger partial charge in [0.2, 0.25) is 5.90 Å². The molecule has 3 aromatic rings. The SMILES string of the molecule is CC(C)(C)OC(=O)CC[C@]1(C(=O)NNCCc2cccc(F)c2)N=C(c2ccc(OCCCO)cc2)O[C@H]1c1ccccc1CN=[N+]=[N-]. The van der Waals surface area contributed by atoms with Crippen LogP contribution >= 0.6 is 0 Å². The van der Waals surface area contributed by atoms with Gasteiger partial charge in [0.1, 0.15) is 17.2 Å². The first-order valence-corrected chi connectivity index (χ1v) is 15.7. The number of benzene rings is 3. The Kier molecular flexibility index (Phi) is 12.5. The summed E-state index contributed by atoms with van der Waals surface area (Å²) in [5.74, 6) is -0.677. The molecule has 0 bridgehead atoms. The molecule has 0 aliphatic carbocycles. The number of hydrogen-bond donors (Lipinski definition) is 3. The van der Waals surface area contributed by atoms with Crippen molar-refractivity contribution in [2.45, 2.75) is 70.2 Å². The van der Waals surface area contributed by atoms with Gasteiger partial charge in [-0.15, -0.1) is 0 Å². The fourth-order valence-corrected chi connectivity index (χ4v) is 5.22. The third-order valence-electron chi connectivity index (χ3n) is 7.43. The third-order valence-corrected chi connectivity index (χ3v) is 7.43. The summed E-state index contributed by atoms with van der Waals surface area (Å²) in [6.07, 6.45) is -0.337. The maximum atomic E-state index is 14.3. The fraction of sp³-hybridized carbons (Fsp3) is 0.400. The lowest BCUT2D eigenvalue weighted by atomic mass is 9.82. The number of hydrazine groups is 1. The van der Waals surface area contributed by atoms with Gasteiger partial charge in [-0.2, -0.15) is 0 Å². The first-order valence-electron chi connectivity index (χ1n) is 15.7. The Morgan fingerprint density at radius 3 is 2.60 bits per heavy atom. The first kappa shape index (κ1) is 35.9. The van der Waals surface area contributed by atoms with Crippen molar-refractivity contribution in [1.82, 2.24) is 10.9 Å². The molecule has 0 radical (unpaired) electrons. The lowest BCUT2D eigenvalue weighted by Gasteiger charge is -2.31. The Labute approximate surface area is 278 Å². The smallest absolute Gasteiger partial charge is 0.306 e. The van der Waals surface area contributed by atoms with Crippen molar-refractivity contribution in [2.24, 2.45) is 10.1 Å². The first-order chi connectivity index (χ1) is 23.0. The molecule has 0 saturated heterocycles. The Hall–Kier alpha value is -4.97. The maximum absolute atomic E-state index is 14.3. The zero-order valence-corrected chi connectivity index (χ0v) is 27.3. The summed E-state index contributed by atoms with van der Waals surface area (Å²) >= 11 is 0. The molecule has 3 aromatic carbocycles. The summed E-state index contributed by atoms with van der Waals surface area (Å²) < 4.78 is 31.4. The largest absolute Gasteiger partial charge is 0.494 e. The number of azide groups is 1. The number of nitrogens with zero attached hydrogens (tertiary/aromatic N) is 4. The molecule has 2 atom stereocenters.